The quantitative estimate of drug-likeness (QED) is 0.781. The Labute approximate surface area is 108 Å². The Kier molecular flexibility index (Phi) is 3.23. The highest BCUT2D eigenvalue weighted by Crippen LogP contribution is 2.31. The van der Waals surface area contributed by atoms with Crippen LogP contribution in [-0.2, 0) is 0 Å². The summed E-state index contributed by atoms with van der Waals surface area (Å²) in [6, 6.07) is 5.74. The molecule has 3 nitrogen and oxygen atoms in total. The monoisotopic (exact) mass is 253 g/mol. The first-order valence-electron chi connectivity index (χ1n) is 5.91. The maximum atomic E-state index is 6.26. The molecule has 4 heteroatoms. The SMILES string of the molecule is CN1CCN(c2ccc(N)cc2Cl)CC1(C)C. The van der Waals surface area contributed by atoms with Crippen molar-refractivity contribution in [2.24, 2.45) is 0 Å². The van der Waals surface area contributed by atoms with Crippen molar-refractivity contribution in [3.63, 3.8) is 0 Å². The molecule has 0 aromatic heterocycles. The molecule has 0 atom stereocenters. The van der Waals surface area contributed by atoms with Crippen LogP contribution in [0.15, 0.2) is 18.2 Å². The van der Waals surface area contributed by atoms with Crippen LogP contribution in [0.4, 0.5) is 11.4 Å². The molecule has 1 heterocycles. The molecule has 1 aliphatic heterocycles. The van der Waals surface area contributed by atoms with E-state index in [4.69, 9.17) is 17.3 Å². The van der Waals surface area contributed by atoms with E-state index < -0.39 is 0 Å². The van der Waals surface area contributed by atoms with Gasteiger partial charge >= 0.3 is 0 Å². The number of rotatable bonds is 1. The number of halogens is 1. The van der Waals surface area contributed by atoms with Crippen molar-refractivity contribution in [2.75, 3.05) is 37.3 Å². The number of piperazine rings is 1. The van der Waals surface area contributed by atoms with Gasteiger partial charge in [-0.1, -0.05) is 11.6 Å². The Morgan fingerprint density at radius 1 is 1.29 bits per heavy atom. The minimum absolute atomic E-state index is 0.170. The average Bonchev–Trinajstić information content (AvgIpc) is 2.22. The maximum Gasteiger partial charge on any atom is 0.0660 e. The summed E-state index contributed by atoms with van der Waals surface area (Å²) in [6.07, 6.45) is 0. The Morgan fingerprint density at radius 2 is 2.00 bits per heavy atom. The lowest BCUT2D eigenvalue weighted by molar-refractivity contribution is 0.139. The molecule has 0 bridgehead atoms. The predicted octanol–water partition coefficient (Wildman–Crippen LogP) is 2.45. The van der Waals surface area contributed by atoms with Gasteiger partial charge in [0.05, 0.1) is 10.7 Å². The smallest absolute Gasteiger partial charge is 0.0660 e. The van der Waals surface area contributed by atoms with E-state index in [0.717, 1.165) is 30.3 Å². The van der Waals surface area contributed by atoms with Gasteiger partial charge < -0.3 is 10.6 Å². The molecule has 0 amide bonds. The largest absolute Gasteiger partial charge is 0.399 e. The average molecular weight is 254 g/mol. The van der Waals surface area contributed by atoms with Crippen molar-refractivity contribution in [3.05, 3.63) is 23.2 Å². The summed E-state index contributed by atoms with van der Waals surface area (Å²) in [5, 5.41) is 0.741. The Balaban J connectivity index is 2.24. The topological polar surface area (TPSA) is 32.5 Å². The molecule has 1 aliphatic rings. The molecule has 0 radical (unpaired) electrons. The minimum Gasteiger partial charge on any atom is -0.399 e. The summed E-state index contributed by atoms with van der Waals surface area (Å²) in [7, 11) is 2.17. The van der Waals surface area contributed by atoms with Crippen LogP contribution in [0.3, 0.4) is 0 Å². The fourth-order valence-corrected chi connectivity index (χ4v) is 2.53. The molecule has 0 aliphatic carbocycles. The van der Waals surface area contributed by atoms with E-state index in [-0.39, 0.29) is 5.54 Å². The van der Waals surface area contributed by atoms with Crippen LogP contribution in [0.1, 0.15) is 13.8 Å². The van der Waals surface area contributed by atoms with Crippen LogP contribution in [-0.4, -0.2) is 37.1 Å². The molecule has 1 aromatic carbocycles. The Bertz CT molecular complexity index is 417. The normalized spacial score (nSPS) is 20.6. The van der Waals surface area contributed by atoms with Crippen LogP contribution in [0.25, 0.3) is 0 Å². The van der Waals surface area contributed by atoms with Gasteiger partial charge in [0.1, 0.15) is 0 Å². The second-order valence-electron chi connectivity index (χ2n) is 5.37. The first-order valence-corrected chi connectivity index (χ1v) is 6.29. The molecule has 2 N–H and O–H groups in total. The Morgan fingerprint density at radius 3 is 2.59 bits per heavy atom. The van der Waals surface area contributed by atoms with Crippen LogP contribution in [0.5, 0.6) is 0 Å². The van der Waals surface area contributed by atoms with Gasteiger partial charge in [-0.3, -0.25) is 4.90 Å². The Hall–Kier alpha value is -0.930. The van der Waals surface area contributed by atoms with Gasteiger partial charge in [-0.25, -0.2) is 0 Å². The summed E-state index contributed by atoms with van der Waals surface area (Å²) < 4.78 is 0. The highest BCUT2D eigenvalue weighted by Gasteiger charge is 2.31. The van der Waals surface area contributed by atoms with E-state index in [1.807, 2.05) is 18.2 Å². The second kappa shape index (κ2) is 4.39. The zero-order valence-electron chi connectivity index (χ0n) is 10.7. The number of nitrogen functional groups attached to an aromatic ring is 1. The third-order valence-corrected chi connectivity index (χ3v) is 3.93. The zero-order valence-corrected chi connectivity index (χ0v) is 11.5. The van der Waals surface area contributed by atoms with Gasteiger partial charge in [-0.05, 0) is 39.1 Å². The van der Waals surface area contributed by atoms with Crippen molar-refractivity contribution < 1.29 is 0 Å². The first-order chi connectivity index (χ1) is 7.90. The summed E-state index contributed by atoms with van der Waals surface area (Å²) in [4.78, 5) is 4.72. The van der Waals surface area contributed by atoms with E-state index in [9.17, 15) is 0 Å². The fourth-order valence-electron chi connectivity index (χ4n) is 2.23. The summed E-state index contributed by atoms with van der Waals surface area (Å²) >= 11 is 6.26. The number of anilines is 2. The molecular weight excluding hydrogens is 234 g/mol. The first kappa shape index (κ1) is 12.5. The fraction of sp³-hybridized carbons (Fsp3) is 0.538. The lowest BCUT2D eigenvalue weighted by atomic mass is 9.99. The van der Waals surface area contributed by atoms with Crippen molar-refractivity contribution in [1.29, 1.82) is 0 Å². The number of nitrogens with two attached hydrogens (primary N) is 1. The van der Waals surface area contributed by atoms with E-state index in [1.54, 1.807) is 0 Å². The van der Waals surface area contributed by atoms with Gasteiger partial charge in [0, 0.05) is 30.9 Å². The number of benzene rings is 1. The van der Waals surface area contributed by atoms with Gasteiger partial charge in [-0.15, -0.1) is 0 Å². The van der Waals surface area contributed by atoms with Crippen molar-refractivity contribution >= 4 is 23.0 Å². The summed E-state index contributed by atoms with van der Waals surface area (Å²) in [6.45, 7) is 7.54. The summed E-state index contributed by atoms with van der Waals surface area (Å²) in [5.74, 6) is 0. The summed E-state index contributed by atoms with van der Waals surface area (Å²) in [5.41, 5.74) is 7.69. The number of hydrogen-bond donors (Lipinski definition) is 1. The molecule has 0 spiro atoms. The minimum atomic E-state index is 0.170. The lowest BCUT2D eigenvalue weighted by Gasteiger charge is -2.46. The number of likely N-dealkylation sites (N-methyl/N-ethyl adjacent to an activating group) is 1. The highest BCUT2D eigenvalue weighted by atomic mass is 35.5. The lowest BCUT2D eigenvalue weighted by Crippen LogP contribution is -2.57. The second-order valence-corrected chi connectivity index (χ2v) is 5.77. The van der Waals surface area contributed by atoms with Crippen LogP contribution < -0.4 is 10.6 Å². The molecule has 0 saturated carbocycles. The molecule has 1 aromatic rings. The highest BCUT2D eigenvalue weighted by molar-refractivity contribution is 6.33. The van der Waals surface area contributed by atoms with E-state index >= 15 is 0 Å². The maximum absolute atomic E-state index is 6.26. The molecule has 17 heavy (non-hydrogen) atoms. The van der Waals surface area contributed by atoms with Crippen LogP contribution >= 0.6 is 11.6 Å². The van der Waals surface area contributed by atoms with Crippen molar-refractivity contribution in [1.82, 2.24) is 4.90 Å². The van der Waals surface area contributed by atoms with E-state index in [0.29, 0.717) is 5.69 Å². The molecular formula is C13H20ClN3. The van der Waals surface area contributed by atoms with Gasteiger partial charge in [0.25, 0.3) is 0 Å². The van der Waals surface area contributed by atoms with E-state index in [2.05, 4.69) is 30.7 Å². The van der Waals surface area contributed by atoms with Crippen molar-refractivity contribution in [3.8, 4) is 0 Å². The van der Waals surface area contributed by atoms with Crippen LogP contribution in [0.2, 0.25) is 5.02 Å². The molecule has 1 fully saturated rings. The third-order valence-electron chi connectivity index (χ3n) is 3.63. The van der Waals surface area contributed by atoms with Crippen LogP contribution in [0, 0.1) is 0 Å². The van der Waals surface area contributed by atoms with E-state index in [1.165, 1.54) is 0 Å². The van der Waals surface area contributed by atoms with Gasteiger partial charge in [0.2, 0.25) is 0 Å². The molecule has 0 unspecified atom stereocenters. The zero-order chi connectivity index (χ0) is 12.6. The molecule has 1 saturated heterocycles. The third kappa shape index (κ3) is 2.50. The van der Waals surface area contributed by atoms with Gasteiger partial charge in [-0.2, -0.15) is 0 Å². The molecule has 2 rings (SSSR count). The standard InChI is InChI=1S/C13H20ClN3/c1-13(2)9-17(7-6-16(13)3)12-5-4-10(15)8-11(12)14/h4-5,8H,6-7,9,15H2,1-3H3. The predicted molar refractivity (Wildman–Crippen MR) is 74.8 cm³/mol. The number of nitrogens with zero attached hydrogens (tertiary/aromatic N) is 2. The van der Waals surface area contributed by atoms with Crippen molar-refractivity contribution in [2.45, 2.75) is 19.4 Å². The van der Waals surface area contributed by atoms with Gasteiger partial charge in [0.15, 0.2) is 0 Å². The number of hydrogen-bond acceptors (Lipinski definition) is 3. The molecule has 94 valence electrons.